The summed E-state index contributed by atoms with van der Waals surface area (Å²) in [6.07, 6.45) is 1.74. The van der Waals surface area contributed by atoms with Crippen LogP contribution < -0.4 is 5.73 Å². The van der Waals surface area contributed by atoms with Crippen LogP contribution in [0, 0.1) is 5.53 Å². The van der Waals surface area contributed by atoms with Crippen LogP contribution in [0.1, 0.15) is 19.3 Å². The Labute approximate surface area is 75.0 Å². The van der Waals surface area contributed by atoms with Crippen molar-refractivity contribution in [1.29, 1.82) is 5.53 Å². The molecule has 0 aromatic rings. The number of nitrogens with one attached hydrogen (secondary N) is 1. The summed E-state index contributed by atoms with van der Waals surface area (Å²) < 4.78 is 0. The number of hydrogen-bond acceptors (Lipinski definition) is 4. The summed E-state index contributed by atoms with van der Waals surface area (Å²) in [6, 6.07) is -0.916. The zero-order valence-corrected chi connectivity index (χ0v) is 7.06. The van der Waals surface area contributed by atoms with Crippen LogP contribution in [0.2, 0.25) is 0 Å². The second-order valence-corrected chi connectivity index (χ2v) is 2.56. The number of nitrogens with zero attached hydrogens (tertiary/aromatic N) is 1. The highest BCUT2D eigenvalue weighted by molar-refractivity contribution is 6.25. The lowest BCUT2D eigenvalue weighted by atomic mass is 10.1. The number of rotatable bonds is 6. The third kappa shape index (κ3) is 5.72. The van der Waals surface area contributed by atoms with E-state index in [0.29, 0.717) is 6.42 Å². The Morgan fingerprint density at radius 1 is 1.62 bits per heavy atom. The molecule has 72 valence electrons. The van der Waals surface area contributed by atoms with Crippen molar-refractivity contribution in [2.45, 2.75) is 25.3 Å². The average molecular weight is 186 g/mol. The molecule has 0 spiro atoms. The molecular formula is C7H12N3O3+. The molecule has 0 saturated heterocycles. The van der Waals surface area contributed by atoms with Gasteiger partial charge in [0.2, 0.25) is 5.78 Å². The molecule has 0 aromatic heterocycles. The molecule has 0 saturated carbocycles. The Hall–Kier alpha value is -1.52. The van der Waals surface area contributed by atoms with Gasteiger partial charge in [-0.05, 0) is 12.8 Å². The van der Waals surface area contributed by atoms with Crippen molar-refractivity contribution >= 4 is 18.0 Å². The van der Waals surface area contributed by atoms with Gasteiger partial charge in [-0.1, -0.05) is 0 Å². The van der Waals surface area contributed by atoms with Gasteiger partial charge in [-0.2, -0.15) is 0 Å². The van der Waals surface area contributed by atoms with E-state index in [-0.39, 0.29) is 18.6 Å². The van der Waals surface area contributed by atoms with E-state index < -0.39 is 12.0 Å². The summed E-state index contributed by atoms with van der Waals surface area (Å²) in [5.41, 5.74) is 11.5. The van der Waals surface area contributed by atoms with Crippen molar-refractivity contribution in [3.05, 3.63) is 0 Å². The highest BCUT2D eigenvalue weighted by Crippen LogP contribution is 1.98. The SMILES string of the molecule is N=[N+]=CC(=O)CCCC(N)C(=O)O. The van der Waals surface area contributed by atoms with Crippen LogP contribution in [0.3, 0.4) is 0 Å². The van der Waals surface area contributed by atoms with Crippen molar-refractivity contribution in [1.82, 2.24) is 0 Å². The van der Waals surface area contributed by atoms with Crippen molar-refractivity contribution in [2.75, 3.05) is 0 Å². The largest absolute Gasteiger partial charge is 0.480 e. The third-order valence-electron chi connectivity index (χ3n) is 1.46. The fourth-order valence-electron chi connectivity index (χ4n) is 0.756. The highest BCUT2D eigenvalue weighted by atomic mass is 16.4. The molecule has 4 N–H and O–H groups in total. The number of carbonyl (C=O) groups is 2. The number of Topliss-reactive ketones (excluding diaryl/α,β-unsaturated/α-hetero) is 1. The maximum absolute atomic E-state index is 10.7. The molecule has 6 heteroatoms. The van der Waals surface area contributed by atoms with Crippen LogP contribution in [0.5, 0.6) is 0 Å². The van der Waals surface area contributed by atoms with Crippen molar-refractivity contribution in [2.24, 2.45) is 5.73 Å². The van der Waals surface area contributed by atoms with Gasteiger partial charge in [0.15, 0.2) is 0 Å². The third-order valence-corrected chi connectivity index (χ3v) is 1.46. The second kappa shape index (κ2) is 6.05. The average Bonchev–Trinajstić information content (AvgIpc) is 2.04. The van der Waals surface area contributed by atoms with Crippen LogP contribution in [-0.4, -0.2) is 33.9 Å². The highest BCUT2D eigenvalue weighted by Gasteiger charge is 2.12. The standard InChI is InChI=1S/C7H11N3O3/c8-6(7(12)13)3-1-2-5(11)4-10-9/h4,6,9H,1-3,8H2/p+1. The summed E-state index contributed by atoms with van der Waals surface area (Å²) in [5, 5.41) is 8.38. The number of nitrogens with two attached hydrogens (primary N) is 1. The molecule has 1 unspecified atom stereocenters. The van der Waals surface area contributed by atoms with Gasteiger partial charge < -0.3 is 10.8 Å². The number of carboxylic acids is 1. The summed E-state index contributed by atoms with van der Waals surface area (Å²) in [5.74, 6) is -1.35. The van der Waals surface area contributed by atoms with E-state index in [1.807, 2.05) is 0 Å². The van der Waals surface area contributed by atoms with Crippen LogP contribution in [0.25, 0.3) is 0 Å². The van der Waals surface area contributed by atoms with E-state index >= 15 is 0 Å². The van der Waals surface area contributed by atoms with Gasteiger partial charge in [-0.25, -0.2) is 0 Å². The van der Waals surface area contributed by atoms with Crippen LogP contribution in [0.4, 0.5) is 0 Å². The molecule has 0 bridgehead atoms. The minimum absolute atomic E-state index is 0.184. The molecule has 0 aliphatic heterocycles. The van der Waals surface area contributed by atoms with E-state index in [1.54, 1.807) is 0 Å². The first-order valence-corrected chi connectivity index (χ1v) is 3.79. The zero-order chi connectivity index (χ0) is 10.3. The summed E-state index contributed by atoms with van der Waals surface area (Å²) in [6.45, 7) is 0. The topological polar surface area (TPSA) is 118 Å². The maximum atomic E-state index is 10.7. The van der Waals surface area contributed by atoms with Crippen LogP contribution in [-0.2, 0) is 9.59 Å². The van der Waals surface area contributed by atoms with Crippen molar-refractivity contribution in [3.63, 3.8) is 0 Å². The number of aliphatic carboxylic acids is 1. The van der Waals surface area contributed by atoms with Gasteiger partial charge in [0.1, 0.15) is 6.04 Å². The molecule has 1 atom stereocenters. The predicted octanol–water partition coefficient (Wildman–Crippen LogP) is -0.552. The molecule has 13 heavy (non-hydrogen) atoms. The minimum Gasteiger partial charge on any atom is -0.480 e. The number of hydrogen-bond donors (Lipinski definition) is 3. The lowest BCUT2D eigenvalue weighted by Crippen LogP contribution is -2.29. The Bertz CT molecular complexity index is 245. The minimum atomic E-state index is -1.07. The Kier molecular flexibility index (Phi) is 5.34. The van der Waals surface area contributed by atoms with Gasteiger partial charge in [0, 0.05) is 6.42 Å². The predicted molar refractivity (Wildman–Crippen MR) is 43.5 cm³/mol. The molecule has 0 fully saturated rings. The van der Waals surface area contributed by atoms with Gasteiger partial charge in [-0.3, -0.25) is 9.59 Å². The van der Waals surface area contributed by atoms with E-state index in [0.717, 1.165) is 6.21 Å². The molecule has 0 rings (SSSR count). The normalized spacial score (nSPS) is 11.5. The van der Waals surface area contributed by atoms with E-state index in [4.69, 9.17) is 16.4 Å². The first kappa shape index (κ1) is 11.5. The molecule has 0 aliphatic carbocycles. The Morgan fingerprint density at radius 3 is 2.69 bits per heavy atom. The van der Waals surface area contributed by atoms with Gasteiger partial charge in [-0.15, -0.1) is 0 Å². The molecule has 0 aliphatic rings. The Balaban J connectivity index is 3.62. The van der Waals surface area contributed by atoms with E-state index in [2.05, 4.69) is 4.79 Å². The van der Waals surface area contributed by atoms with E-state index in [1.165, 1.54) is 0 Å². The summed E-state index contributed by atoms with van der Waals surface area (Å²) in [7, 11) is 0. The molecular weight excluding hydrogens is 174 g/mol. The smallest absolute Gasteiger partial charge is 0.372 e. The maximum Gasteiger partial charge on any atom is 0.372 e. The molecule has 0 aromatic carbocycles. The molecule has 6 nitrogen and oxygen atoms in total. The second-order valence-electron chi connectivity index (χ2n) is 2.56. The first-order valence-electron chi connectivity index (χ1n) is 3.79. The summed E-state index contributed by atoms with van der Waals surface area (Å²) in [4.78, 5) is 23.8. The molecule has 0 radical (unpaired) electrons. The molecule has 0 amide bonds. The number of carbonyl (C=O) groups excluding carboxylic acids is 1. The molecule has 0 heterocycles. The number of ketones is 1. The first-order chi connectivity index (χ1) is 6.07. The lowest BCUT2D eigenvalue weighted by Gasteiger charge is -2.02. The quantitative estimate of drug-likeness (QED) is 0.293. The fourth-order valence-corrected chi connectivity index (χ4v) is 0.756. The lowest BCUT2D eigenvalue weighted by molar-refractivity contribution is -0.138. The summed E-state index contributed by atoms with van der Waals surface area (Å²) >= 11 is 0. The van der Waals surface area contributed by atoms with Gasteiger partial charge in [0.05, 0.1) is 10.3 Å². The zero-order valence-electron chi connectivity index (χ0n) is 7.06. The number of carboxylic acid groups (broad SMARTS) is 1. The Morgan fingerprint density at radius 2 is 2.23 bits per heavy atom. The monoisotopic (exact) mass is 186 g/mol. The van der Waals surface area contributed by atoms with Crippen molar-refractivity contribution < 1.29 is 19.5 Å². The van der Waals surface area contributed by atoms with Crippen molar-refractivity contribution in [3.8, 4) is 0 Å². The fraction of sp³-hybridized carbons (Fsp3) is 0.571. The van der Waals surface area contributed by atoms with Gasteiger partial charge in [0.25, 0.3) is 0 Å². The van der Waals surface area contributed by atoms with Crippen LogP contribution >= 0.6 is 0 Å². The van der Waals surface area contributed by atoms with E-state index in [9.17, 15) is 9.59 Å². The van der Waals surface area contributed by atoms with Crippen LogP contribution in [0.15, 0.2) is 0 Å². The van der Waals surface area contributed by atoms with Gasteiger partial charge >= 0.3 is 12.2 Å².